The summed E-state index contributed by atoms with van der Waals surface area (Å²) in [6.07, 6.45) is 3.69. The molecule has 0 spiro atoms. The Morgan fingerprint density at radius 2 is 1.96 bits per heavy atom. The minimum Gasteiger partial charge on any atom is -0.383 e. The largest absolute Gasteiger partial charge is 0.383 e. The fraction of sp³-hybridized carbons (Fsp3) is 0.474. The lowest BCUT2D eigenvalue weighted by molar-refractivity contribution is 0.385. The van der Waals surface area contributed by atoms with E-state index in [9.17, 15) is 0 Å². The van der Waals surface area contributed by atoms with Crippen LogP contribution in [0.25, 0.3) is 22.4 Å². The minimum atomic E-state index is -1.56. The Hall–Kier alpha value is -2.66. The van der Waals surface area contributed by atoms with Crippen molar-refractivity contribution in [3.63, 3.8) is 0 Å². The SMILES string of the molecule is CC(C)n1nc(-c2noc(C3CC3)c2C#C[Si](C)(C)C)c2c(N)ncnc21. The van der Waals surface area contributed by atoms with E-state index in [1.807, 2.05) is 4.68 Å². The monoisotopic (exact) mass is 380 g/mol. The summed E-state index contributed by atoms with van der Waals surface area (Å²) in [6, 6.07) is 0.127. The van der Waals surface area contributed by atoms with Crippen molar-refractivity contribution in [2.24, 2.45) is 0 Å². The van der Waals surface area contributed by atoms with Gasteiger partial charge in [-0.25, -0.2) is 14.6 Å². The van der Waals surface area contributed by atoms with Crippen LogP contribution in [0.5, 0.6) is 0 Å². The fourth-order valence-corrected chi connectivity index (χ4v) is 3.48. The van der Waals surface area contributed by atoms with Gasteiger partial charge in [-0.3, -0.25) is 0 Å². The maximum Gasteiger partial charge on any atom is 0.164 e. The molecule has 1 saturated carbocycles. The first kappa shape index (κ1) is 17.7. The Bertz CT molecular complexity index is 1080. The summed E-state index contributed by atoms with van der Waals surface area (Å²) in [6.45, 7) is 10.8. The van der Waals surface area contributed by atoms with Crippen molar-refractivity contribution < 1.29 is 4.52 Å². The lowest BCUT2D eigenvalue weighted by Gasteiger charge is -2.05. The maximum absolute atomic E-state index is 6.19. The highest BCUT2D eigenvalue weighted by atomic mass is 28.3. The molecule has 0 saturated heterocycles. The van der Waals surface area contributed by atoms with Crippen LogP contribution < -0.4 is 5.73 Å². The van der Waals surface area contributed by atoms with Crippen LogP contribution in [0.1, 0.15) is 50.0 Å². The van der Waals surface area contributed by atoms with Crippen molar-refractivity contribution >= 4 is 24.9 Å². The highest BCUT2D eigenvalue weighted by molar-refractivity contribution is 6.83. The van der Waals surface area contributed by atoms with Gasteiger partial charge in [-0.1, -0.05) is 30.7 Å². The fourth-order valence-electron chi connectivity index (χ4n) is 2.98. The third kappa shape index (κ3) is 3.23. The highest BCUT2D eigenvalue weighted by Crippen LogP contribution is 2.44. The smallest absolute Gasteiger partial charge is 0.164 e. The van der Waals surface area contributed by atoms with Gasteiger partial charge in [0.05, 0.1) is 10.9 Å². The van der Waals surface area contributed by atoms with E-state index in [1.54, 1.807) is 0 Å². The van der Waals surface area contributed by atoms with E-state index < -0.39 is 8.07 Å². The van der Waals surface area contributed by atoms with Gasteiger partial charge in [0.15, 0.2) is 17.1 Å². The van der Waals surface area contributed by atoms with Crippen LogP contribution >= 0.6 is 0 Å². The van der Waals surface area contributed by atoms with E-state index >= 15 is 0 Å². The summed E-state index contributed by atoms with van der Waals surface area (Å²) < 4.78 is 7.58. The number of nitrogen functional groups attached to an aromatic ring is 1. The molecule has 4 rings (SSSR count). The van der Waals surface area contributed by atoms with E-state index in [-0.39, 0.29) is 6.04 Å². The molecular weight excluding hydrogens is 356 g/mol. The predicted octanol–water partition coefficient (Wildman–Crippen LogP) is 3.75. The second kappa shape index (κ2) is 6.20. The molecule has 8 heteroatoms. The Balaban J connectivity index is 1.98. The molecule has 1 aliphatic carbocycles. The van der Waals surface area contributed by atoms with Crippen LogP contribution in [0, 0.1) is 11.5 Å². The van der Waals surface area contributed by atoms with Gasteiger partial charge >= 0.3 is 0 Å². The topological polar surface area (TPSA) is 95.7 Å². The van der Waals surface area contributed by atoms with Gasteiger partial charge in [-0.15, -0.1) is 5.54 Å². The van der Waals surface area contributed by atoms with Gasteiger partial charge in [-0.2, -0.15) is 5.10 Å². The Kier molecular flexibility index (Phi) is 4.07. The Morgan fingerprint density at radius 1 is 1.22 bits per heavy atom. The first-order valence-corrected chi connectivity index (χ1v) is 12.8. The molecule has 0 radical (unpaired) electrons. The van der Waals surface area contributed by atoms with Crippen LogP contribution in [0.2, 0.25) is 19.6 Å². The predicted molar refractivity (Wildman–Crippen MR) is 108 cm³/mol. The van der Waals surface area contributed by atoms with Gasteiger partial charge < -0.3 is 10.3 Å². The van der Waals surface area contributed by atoms with Crippen molar-refractivity contribution in [1.82, 2.24) is 24.9 Å². The zero-order chi connectivity index (χ0) is 19.3. The molecule has 0 aliphatic heterocycles. The molecule has 1 fully saturated rings. The molecule has 2 N–H and O–H groups in total. The standard InChI is InChI=1S/C19H24N6OSi/c1-11(2)25-19-14(18(20)21-10-22-19)16(23-25)15-13(8-9-27(3,4)5)17(26-24-15)12-6-7-12/h10-12H,6-7H2,1-5H3,(H2,20,21,22). The second-order valence-corrected chi connectivity index (χ2v) is 13.1. The van der Waals surface area contributed by atoms with Crippen molar-refractivity contribution in [2.45, 2.75) is 58.3 Å². The van der Waals surface area contributed by atoms with Crippen molar-refractivity contribution in [1.29, 1.82) is 0 Å². The molecule has 0 unspecified atom stereocenters. The van der Waals surface area contributed by atoms with E-state index in [0.29, 0.717) is 34.2 Å². The van der Waals surface area contributed by atoms with Crippen molar-refractivity contribution in [3.8, 4) is 22.9 Å². The summed E-state index contributed by atoms with van der Waals surface area (Å²) in [7, 11) is -1.56. The second-order valence-electron chi connectivity index (χ2n) is 8.39. The maximum atomic E-state index is 6.19. The zero-order valence-corrected chi connectivity index (χ0v) is 17.4. The number of aromatic nitrogens is 5. The lowest BCUT2D eigenvalue weighted by atomic mass is 10.1. The summed E-state index contributed by atoms with van der Waals surface area (Å²) in [5.74, 6) is 5.04. The molecular formula is C19H24N6OSi. The van der Waals surface area contributed by atoms with Gasteiger partial charge in [0.25, 0.3) is 0 Å². The van der Waals surface area contributed by atoms with Crippen LogP contribution in [0.15, 0.2) is 10.9 Å². The Morgan fingerprint density at radius 3 is 2.59 bits per heavy atom. The first-order valence-electron chi connectivity index (χ1n) is 9.28. The van der Waals surface area contributed by atoms with Gasteiger partial charge in [0.2, 0.25) is 0 Å². The quantitative estimate of drug-likeness (QED) is 0.549. The number of fused-ring (bicyclic) bond motifs is 1. The molecule has 7 nitrogen and oxygen atoms in total. The third-order valence-electron chi connectivity index (χ3n) is 4.46. The number of nitrogens with two attached hydrogens (primary N) is 1. The van der Waals surface area contributed by atoms with E-state index in [4.69, 9.17) is 15.4 Å². The molecule has 3 heterocycles. The zero-order valence-electron chi connectivity index (χ0n) is 16.4. The first-order chi connectivity index (χ1) is 12.8. The Labute approximate surface area is 159 Å². The van der Waals surface area contributed by atoms with E-state index in [2.05, 4.69) is 60.1 Å². The number of nitrogens with zero attached hydrogens (tertiary/aromatic N) is 5. The molecule has 1 aliphatic rings. The molecule has 0 aromatic carbocycles. The molecule has 3 aromatic rings. The lowest BCUT2D eigenvalue weighted by Crippen LogP contribution is -2.16. The number of hydrogen-bond acceptors (Lipinski definition) is 6. The van der Waals surface area contributed by atoms with Crippen LogP contribution in [0.3, 0.4) is 0 Å². The van der Waals surface area contributed by atoms with E-state index in [0.717, 1.165) is 24.2 Å². The summed E-state index contributed by atoms with van der Waals surface area (Å²) >= 11 is 0. The summed E-state index contributed by atoms with van der Waals surface area (Å²) in [5.41, 5.74) is 12.5. The summed E-state index contributed by atoms with van der Waals surface area (Å²) in [4.78, 5) is 8.56. The average molecular weight is 381 g/mol. The normalized spacial score (nSPS) is 14.6. The van der Waals surface area contributed by atoms with E-state index in [1.165, 1.54) is 6.33 Å². The molecule has 27 heavy (non-hydrogen) atoms. The van der Waals surface area contributed by atoms with Gasteiger partial charge in [0, 0.05) is 12.0 Å². The van der Waals surface area contributed by atoms with Gasteiger partial charge in [-0.05, 0) is 26.7 Å². The summed E-state index contributed by atoms with van der Waals surface area (Å²) in [5, 5.41) is 9.84. The van der Waals surface area contributed by atoms with Crippen LogP contribution in [0.4, 0.5) is 5.82 Å². The van der Waals surface area contributed by atoms with Crippen LogP contribution in [-0.2, 0) is 0 Å². The van der Waals surface area contributed by atoms with Gasteiger partial charge in [0.1, 0.15) is 25.9 Å². The van der Waals surface area contributed by atoms with Crippen molar-refractivity contribution in [3.05, 3.63) is 17.7 Å². The third-order valence-corrected chi connectivity index (χ3v) is 5.34. The molecule has 0 bridgehead atoms. The molecule has 0 atom stereocenters. The minimum absolute atomic E-state index is 0.127. The van der Waals surface area contributed by atoms with Crippen molar-refractivity contribution in [2.75, 3.05) is 5.73 Å². The number of hydrogen-bond donors (Lipinski definition) is 1. The van der Waals surface area contributed by atoms with Crippen LogP contribution in [-0.4, -0.2) is 33.0 Å². The average Bonchev–Trinajstić information content (AvgIpc) is 3.21. The molecule has 0 amide bonds. The molecule has 140 valence electrons. The number of rotatable bonds is 3. The highest BCUT2D eigenvalue weighted by Gasteiger charge is 2.34. The molecule has 3 aromatic heterocycles. The number of anilines is 1.